The monoisotopic (exact) mass is 371 g/mol. The second-order valence-electron chi connectivity index (χ2n) is 5.29. The van der Waals surface area contributed by atoms with E-state index < -0.39 is 23.7 Å². The molecule has 5 nitrogen and oxygen atoms in total. The van der Waals surface area contributed by atoms with E-state index in [1.54, 1.807) is 6.92 Å². The standard InChI is InChI=1S/C17H17F4N3O2/c1-2-26-16(25)24-13-7-6-12(14(18)15(13)22)23-9-10-4-3-5-11(8-10)17(19,20)21/h3-8,23H,2,9,22H2,1H3,(H,24,25). The average Bonchev–Trinajstić information content (AvgIpc) is 2.58. The van der Waals surface area contributed by atoms with Crippen LogP contribution in [0.5, 0.6) is 0 Å². The maximum absolute atomic E-state index is 14.3. The highest BCUT2D eigenvalue weighted by molar-refractivity contribution is 5.90. The first-order valence-electron chi connectivity index (χ1n) is 7.64. The third kappa shape index (κ3) is 4.78. The number of rotatable bonds is 5. The third-order valence-electron chi connectivity index (χ3n) is 3.43. The fraction of sp³-hybridized carbons (Fsp3) is 0.235. The lowest BCUT2D eigenvalue weighted by molar-refractivity contribution is -0.137. The van der Waals surface area contributed by atoms with Gasteiger partial charge in [0.25, 0.3) is 0 Å². The summed E-state index contributed by atoms with van der Waals surface area (Å²) in [4.78, 5) is 11.4. The van der Waals surface area contributed by atoms with E-state index in [0.717, 1.165) is 12.1 Å². The lowest BCUT2D eigenvalue weighted by Crippen LogP contribution is -2.15. The van der Waals surface area contributed by atoms with Gasteiger partial charge in [0.2, 0.25) is 0 Å². The lowest BCUT2D eigenvalue weighted by Gasteiger charge is -2.14. The van der Waals surface area contributed by atoms with Crippen LogP contribution in [0.15, 0.2) is 36.4 Å². The highest BCUT2D eigenvalue weighted by Crippen LogP contribution is 2.31. The largest absolute Gasteiger partial charge is 0.450 e. The van der Waals surface area contributed by atoms with Gasteiger partial charge in [0.05, 0.1) is 29.2 Å². The minimum Gasteiger partial charge on any atom is -0.450 e. The predicted octanol–water partition coefficient (Wildman–Crippen LogP) is 4.61. The molecule has 0 saturated heterocycles. The number of ether oxygens (including phenoxy) is 1. The van der Waals surface area contributed by atoms with Gasteiger partial charge in [-0.25, -0.2) is 9.18 Å². The zero-order valence-corrected chi connectivity index (χ0v) is 13.8. The fourth-order valence-electron chi connectivity index (χ4n) is 2.17. The molecule has 0 aliphatic heterocycles. The Morgan fingerprint density at radius 1 is 1.19 bits per heavy atom. The Hall–Kier alpha value is -2.97. The lowest BCUT2D eigenvalue weighted by atomic mass is 10.1. The van der Waals surface area contributed by atoms with E-state index in [4.69, 9.17) is 5.73 Å². The molecule has 2 aromatic carbocycles. The van der Waals surface area contributed by atoms with Crippen molar-refractivity contribution in [1.82, 2.24) is 0 Å². The Labute approximate surface area is 147 Å². The van der Waals surface area contributed by atoms with Gasteiger partial charge >= 0.3 is 12.3 Å². The fourth-order valence-corrected chi connectivity index (χ4v) is 2.17. The number of amides is 1. The summed E-state index contributed by atoms with van der Waals surface area (Å²) in [6.07, 6.45) is -5.23. The predicted molar refractivity (Wildman–Crippen MR) is 90.2 cm³/mol. The van der Waals surface area contributed by atoms with Crippen LogP contribution in [0.1, 0.15) is 18.1 Å². The molecule has 2 aromatic rings. The highest BCUT2D eigenvalue weighted by atomic mass is 19.4. The van der Waals surface area contributed by atoms with E-state index in [9.17, 15) is 22.4 Å². The van der Waals surface area contributed by atoms with Crippen molar-refractivity contribution in [2.45, 2.75) is 19.6 Å². The van der Waals surface area contributed by atoms with E-state index >= 15 is 0 Å². The first kappa shape index (κ1) is 19.4. The van der Waals surface area contributed by atoms with Crippen LogP contribution in [0.4, 0.5) is 39.4 Å². The number of alkyl halides is 3. The molecule has 0 aliphatic carbocycles. The molecule has 1 amide bonds. The third-order valence-corrected chi connectivity index (χ3v) is 3.43. The van der Waals surface area contributed by atoms with Crippen molar-refractivity contribution >= 4 is 23.2 Å². The Morgan fingerprint density at radius 3 is 2.54 bits per heavy atom. The zero-order chi connectivity index (χ0) is 19.3. The number of hydrogen-bond acceptors (Lipinski definition) is 4. The normalized spacial score (nSPS) is 11.1. The molecule has 0 bridgehead atoms. The Bertz CT molecular complexity index is 794. The number of benzene rings is 2. The smallest absolute Gasteiger partial charge is 0.416 e. The molecule has 0 radical (unpaired) electrons. The van der Waals surface area contributed by atoms with Crippen molar-refractivity contribution < 1.29 is 27.1 Å². The van der Waals surface area contributed by atoms with Crippen LogP contribution in [0, 0.1) is 5.82 Å². The second kappa shape index (κ2) is 7.94. The quantitative estimate of drug-likeness (QED) is 0.530. The van der Waals surface area contributed by atoms with E-state index in [0.29, 0.717) is 5.56 Å². The second-order valence-corrected chi connectivity index (χ2v) is 5.29. The summed E-state index contributed by atoms with van der Waals surface area (Å²) in [5, 5.41) is 4.99. The number of carbonyl (C=O) groups excluding carboxylic acids is 1. The number of nitrogens with two attached hydrogens (primary N) is 1. The number of halogens is 4. The summed E-state index contributed by atoms with van der Waals surface area (Å²) < 4.78 is 57.1. The summed E-state index contributed by atoms with van der Waals surface area (Å²) in [5.41, 5.74) is 4.90. The van der Waals surface area contributed by atoms with Crippen molar-refractivity contribution in [2.75, 3.05) is 23.0 Å². The van der Waals surface area contributed by atoms with Gasteiger partial charge in [-0.05, 0) is 36.8 Å². The van der Waals surface area contributed by atoms with E-state index in [1.165, 1.54) is 24.3 Å². The van der Waals surface area contributed by atoms with Crippen LogP contribution in [0.2, 0.25) is 0 Å². The highest BCUT2D eigenvalue weighted by Gasteiger charge is 2.30. The van der Waals surface area contributed by atoms with Crippen molar-refractivity contribution in [3.8, 4) is 0 Å². The van der Waals surface area contributed by atoms with Gasteiger partial charge in [0, 0.05) is 6.54 Å². The molecule has 0 fully saturated rings. The first-order valence-corrected chi connectivity index (χ1v) is 7.64. The van der Waals surface area contributed by atoms with Crippen LogP contribution in [0.25, 0.3) is 0 Å². The van der Waals surface area contributed by atoms with E-state index in [2.05, 4.69) is 15.4 Å². The Balaban J connectivity index is 2.11. The molecule has 0 aliphatic rings. The molecule has 4 N–H and O–H groups in total. The van der Waals surface area contributed by atoms with Gasteiger partial charge in [0.15, 0.2) is 5.82 Å². The van der Waals surface area contributed by atoms with Crippen LogP contribution < -0.4 is 16.4 Å². The van der Waals surface area contributed by atoms with Crippen LogP contribution >= 0.6 is 0 Å². The molecular weight excluding hydrogens is 354 g/mol. The average molecular weight is 371 g/mol. The molecule has 9 heteroatoms. The summed E-state index contributed by atoms with van der Waals surface area (Å²) >= 11 is 0. The Kier molecular flexibility index (Phi) is 5.91. The number of hydrogen-bond donors (Lipinski definition) is 3. The van der Waals surface area contributed by atoms with Gasteiger partial charge in [0.1, 0.15) is 0 Å². The molecule has 26 heavy (non-hydrogen) atoms. The number of nitrogen functional groups attached to an aromatic ring is 1. The Morgan fingerprint density at radius 2 is 1.88 bits per heavy atom. The number of carbonyl (C=O) groups is 1. The van der Waals surface area contributed by atoms with Crippen molar-refractivity contribution in [2.24, 2.45) is 0 Å². The van der Waals surface area contributed by atoms with Gasteiger partial charge in [-0.1, -0.05) is 12.1 Å². The number of nitrogens with one attached hydrogen (secondary N) is 2. The SMILES string of the molecule is CCOC(=O)Nc1ccc(NCc2cccc(C(F)(F)F)c2)c(F)c1N. The molecule has 0 unspecified atom stereocenters. The molecule has 0 heterocycles. The van der Waals surface area contributed by atoms with Gasteiger partial charge in [-0.15, -0.1) is 0 Å². The minimum atomic E-state index is -4.45. The minimum absolute atomic E-state index is 0.00526. The van der Waals surface area contributed by atoms with Crippen molar-refractivity contribution in [3.05, 3.63) is 53.3 Å². The van der Waals surface area contributed by atoms with Gasteiger partial charge in [-0.3, -0.25) is 5.32 Å². The first-order chi connectivity index (χ1) is 12.2. The number of anilines is 3. The zero-order valence-electron chi connectivity index (χ0n) is 13.8. The van der Waals surface area contributed by atoms with Gasteiger partial charge < -0.3 is 15.8 Å². The van der Waals surface area contributed by atoms with Crippen LogP contribution in [-0.2, 0) is 17.5 Å². The maximum atomic E-state index is 14.3. The van der Waals surface area contributed by atoms with Crippen LogP contribution in [-0.4, -0.2) is 12.7 Å². The van der Waals surface area contributed by atoms with Gasteiger partial charge in [-0.2, -0.15) is 13.2 Å². The molecule has 0 saturated carbocycles. The maximum Gasteiger partial charge on any atom is 0.416 e. The molecule has 0 atom stereocenters. The molecule has 0 spiro atoms. The summed E-state index contributed by atoms with van der Waals surface area (Å²) in [6, 6.07) is 7.38. The summed E-state index contributed by atoms with van der Waals surface area (Å²) in [5.74, 6) is -0.828. The summed E-state index contributed by atoms with van der Waals surface area (Å²) in [7, 11) is 0. The van der Waals surface area contributed by atoms with E-state index in [-0.39, 0.29) is 30.2 Å². The molecule has 0 aromatic heterocycles. The van der Waals surface area contributed by atoms with Crippen molar-refractivity contribution in [3.63, 3.8) is 0 Å². The van der Waals surface area contributed by atoms with Crippen LogP contribution in [0.3, 0.4) is 0 Å². The summed E-state index contributed by atoms with van der Waals surface area (Å²) in [6.45, 7) is 1.72. The molecule has 2 rings (SSSR count). The van der Waals surface area contributed by atoms with Crippen molar-refractivity contribution in [1.29, 1.82) is 0 Å². The van der Waals surface area contributed by atoms with E-state index in [1.807, 2.05) is 0 Å². The molecular formula is C17H17F4N3O2. The topological polar surface area (TPSA) is 76.4 Å². The molecule has 140 valence electrons.